The van der Waals surface area contributed by atoms with Gasteiger partial charge in [-0.1, -0.05) is 91.3 Å². The molecule has 14 atom stereocenters. The highest BCUT2D eigenvalue weighted by atomic mass is 32.2. The summed E-state index contributed by atoms with van der Waals surface area (Å²) in [4.78, 5) is 202. The summed E-state index contributed by atoms with van der Waals surface area (Å²) in [5, 5.41) is 24.4. The number of rotatable bonds is 47. The average molecular weight is 1700 g/mol. The van der Waals surface area contributed by atoms with Gasteiger partial charge in [0.25, 0.3) is 21.9 Å². The maximum Gasteiger partial charge on any atom is 0.411 e. The molecule has 3 aliphatic heterocycles. The highest BCUT2D eigenvalue weighted by Crippen LogP contribution is 2.43. The van der Waals surface area contributed by atoms with Crippen LogP contribution in [0.2, 0.25) is 0 Å². The van der Waals surface area contributed by atoms with Gasteiger partial charge in [-0.15, -0.1) is 11.3 Å². The maximum absolute atomic E-state index is 15.2. The second kappa shape index (κ2) is 46.0. The number of thiazole rings is 1. The smallest absolute Gasteiger partial charge is 0.411 e. The van der Waals surface area contributed by atoms with E-state index in [0.29, 0.717) is 57.1 Å². The predicted octanol–water partition coefficient (Wildman–Crippen LogP) is 3.39. The zero-order chi connectivity index (χ0) is 87.5. The Morgan fingerprint density at radius 1 is 0.756 bits per heavy atom. The molecule has 15 amide bonds. The molecule has 1 saturated carbocycles. The molecule has 38 heteroatoms. The van der Waals surface area contributed by atoms with Gasteiger partial charge in [-0.3, -0.25) is 71.9 Å². The maximum atomic E-state index is 15.2. The van der Waals surface area contributed by atoms with Gasteiger partial charge in [0.05, 0.1) is 62.4 Å². The molecule has 7 rings (SSSR count). The van der Waals surface area contributed by atoms with E-state index in [1.165, 1.54) is 67.5 Å². The lowest BCUT2D eigenvalue weighted by Crippen LogP contribution is -2.60. The van der Waals surface area contributed by atoms with Crippen molar-refractivity contribution in [1.82, 2.24) is 66.7 Å². The van der Waals surface area contributed by atoms with Crippen LogP contribution in [0.1, 0.15) is 160 Å². The quantitative estimate of drug-likeness (QED) is 0.0220. The minimum absolute atomic E-state index is 0.00671. The number of likely N-dealkylation sites (tertiary alicyclic amines) is 2. The summed E-state index contributed by atoms with van der Waals surface area (Å²) in [7, 11) is 1.41. The first-order valence-electron chi connectivity index (χ1n) is 40.5. The number of likely N-dealkylation sites (N-methyl/N-ethyl adjacent to an activating group) is 2. The zero-order valence-corrected chi connectivity index (χ0v) is 71.5. The molecule has 4 heterocycles. The van der Waals surface area contributed by atoms with Crippen LogP contribution in [-0.4, -0.2) is 259 Å². The molecule has 1 aromatic heterocycles. The highest BCUT2D eigenvalue weighted by molar-refractivity contribution is 7.86. The van der Waals surface area contributed by atoms with Crippen LogP contribution >= 0.6 is 11.3 Å². The number of nitrogens with one attached hydrogen (secondary N) is 8. The molecule has 4 aliphatic rings. The number of primary amides is 1. The van der Waals surface area contributed by atoms with Crippen LogP contribution in [0.15, 0.2) is 72.3 Å². The van der Waals surface area contributed by atoms with Gasteiger partial charge in [-0.25, -0.2) is 14.6 Å². The third-order valence-corrected chi connectivity index (χ3v) is 23.7. The van der Waals surface area contributed by atoms with E-state index < -0.39 is 178 Å². The molecule has 3 aromatic rings. The first-order chi connectivity index (χ1) is 56.4. The number of nitrogens with two attached hydrogens (primary N) is 1. The van der Waals surface area contributed by atoms with E-state index >= 15 is 9.59 Å². The Balaban J connectivity index is 1.07. The topological polar surface area (TPSA) is 482 Å². The van der Waals surface area contributed by atoms with Crippen LogP contribution in [0.4, 0.5) is 15.3 Å². The fourth-order valence-corrected chi connectivity index (χ4v) is 16.9. The van der Waals surface area contributed by atoms with E-state index in [2.05, 4.69) is 47.5 Å². The van der Waals surface area contributed by atoms with Gasteiger partial charge < -0.3 is 81.9 Å². The second-order valence-electron chi connectivity index (χ2n) is 31.5. The summed E-state index contributed by atoms with van der Waals surface area (Å²) in [6.07, 6.45) is 5.13. The number of fused-ring (bicyclic) bond motifs is 2. The number of hydrogen-bond donors (Lipinski definition) is 10. The first-order valence-corrected chi connectivity index (χ1v) is 43.0. The molecule has 2 bridgehead atoms. The summed E-state index contributed by atoms with van der Waals surface area (Å²) in [6, 6.07) is 5.47. The summed E-state index contributed by atoms with van der Waals surface area (Å²) >= 11 is 1.45. The molecular formula is C81H119N15O21S2. The van der Waals surface area contributed by atoms with Crippen molar-refractivity contribution in [2.75, 3.05) is 78.8 Å². The molecule has 656 valence electrons. The number of anilines is 1. The summed E-state index contributed by atoms with van der Waals surface area (Å²) in [5.41, 5.74) is 7.03. The third kappa shape index (κ3) is 28.0. The van der Waals surface area contributed by atoms with Gasteiger partial charge in [0.15, 0.2) is 5.75 Å². The fourth-order valence-electron chi connectivity index (χ4n) is 15.8. The standard InChI is InChI=1S/C81H119N15O21S2/c1-13-49(6)70(62(114-11)43-67(102)94-35-19-24-61(94)72(115-12)50(7)73(103)89-60(77-84-34-39-118-77)40-52-20-15-14-16-21-52)93(10)79(108)69(48(4)5)91-76(106)71-53-26-28-57(42-53)96(71)81(110)117-45-54-25-27-56(41-55(54)44-92(9)78(107)59(86-51(8)97)23-18-32-83-64(99)46-119(111,112)113)87-74(104)58(22-17-33-85-80(82)109)88-75(105)68(47(2)3)90-63(98)31-37-116-38-36-95-65(100)29-30-66(95)101/h14-16,20-21,25,27,29-30,34,39,41,47-50,53,57-62,68-72H,13,17-19,22-24,26,28,31-33,35-38,40,42-46H2,1-12H3,(H,83,99)(H,86,97)(H,87,104)(H,88,105)(H,89,103)(H,90,98)(H,91,106)(H3,82,85,109)(H,111,112,113)/t49-,50+,53-,57+,58-,59-,60-,61-,62+,68-,69-,70-,71-,72+/m0/s1. The third-order valence-electron chi connectivity index (χ3n) is 22.2. The van der Waals surface area contributed by atoms with Gasteiger partial charge in [0, 0.05) is 103 Å². The molecule has 119 heavy (non-hydrogen) atoms. The lowest BCUT2D eigenvalue weighted by atomic mass is 9.89. The minimum Gasteiger partial charge on any atom is -0.445 e. The molecule has 11 N–H and O–H groups in total. The van der Waals surface area contributed by atoms with Crippen LogP contribution < -0.4 is 48.3 Å². The van der Waals surface area contributed by atoms with Gasteiger partial charge >= 0.3 is 12.1 Å². The van der Waals surface area contributed by atoms with Crippen LogP contribution in [0, 0.1) is 29.6 Å². The van der Waals surface area contributed by atoms with Crippen molar-refractivity contribution in [3.05, 3.63) is 94.0 Å². The number of nitrogens with zero attached hydrogens (tertiary/aromatic N) is 6. The van der Waals surface area contributed by atoms with Crippen molar-refractivity contribution in [3.8, 4) is 0 Å². The number of carbonyl (C=O) groups is 14. The zero-order valence-electron chi connectivity index (χ0n) is 69.9. The number of aromatic nitrogens is 1. The van der Waals surface area contributed by atoms with Crippen LogP contribution in [0.5, 0.6) is 0 Å². The number of ether oxygens (including phenoxy) is 4. The van der Waals surface area contributed by atoms with Gasteiger partial charge in [0.1, 0.15) is 41.8 Å². The summed E-state index contributed by atoms with van der Waals surface area (Å²) < 4.78 is 55.7. The summed E-state index contributed by atoms with van der Waals surface area (Å²) in [5.74, 6) is -10.4. The number of hydrogen-bond acceptors (Lipinski definition) is 22. The fraction of sp³-hybridized carbons (Fsp3) is 0.617. The molecule has 0 spiro atoms. The van der Waals surface area contributed by atoms with Crippen molar-refractivity contribution in [1.29, 1.82) is 0 Å². The molecule has 0 radical (unpaired) electrons. The lowest BCUT2D eigenvalue weighted by Gasteiger charge is -2.41. The normalized spacial score (nSPS) is 18.8. The Hall–Kier alpha value is -10.0. The largest absolute Gasteiger partial charge is 0.445 e. The van der Waals surface area contributed by atoms with Crippen LogP contribution in [-0.2, 0) is 106 Å². The monoisotopic (exact) mass is 1700 g/mol. The van der Waals surface area contributed by atoms with Crippen molar-refractivity contribution in [2.24, 2.45) is 35.3 Å². The Labute approximate surface area is 699 Å². The summed E-state index contributed by atoms with van der Waals surface area (Å²) in [6.45, 7) is 13.1. The second-order valence-corrected chi connectivity index (χ2v) is 33.9. The Morgan fingerprint density at radius 3 is 2.06 bits per heavy atom. The lowest BCUT2D eigenvalue weighted by molar-refractivity contribution is -0.148. The van der Waals surface area contributed by atoms with Crippen LogP contribution in [0.25, 0.3) is 0 Å². The van der Waals surface area contributed by atoms with E-state index in [1.54, 1.807) is 57.7 Å². The van der Waals surface area contributed by atoms with E-state index in [1.807, 2.05) is 49.6 Å². The van der Waals surface area contributed by atoms with E-state index in [-0.39, 0.29) is 113 Å². The number of piperidine rings is 1. The van der Waals surface area contributed by atoms with E-state index in [9.17, 15) is 66.0 Å². The van der Waals surface area contributed by atoms with Crippen molar-refractivity contribution in [3.63, 3.8) is 0 Å². The van der Waals surface area contributed by atoms with Gasteiger partial charge in [0.2, 0.25) is 59.1 Å². The number of methoxy groups -OCH3 is 2. The van der Waals surface area contributed by atoms with Crippen molar-refractivity contribution < 1.29 is 99.0 Å². The Morgan fingerprint density at radius 2 is 1.44 bits per heavy atom. The number of carbonyl (C=O) groups excluding carboxylic acids is 14. The highest BCUT2D eigenvalue weighted by Gasteiger charge is 2.53. The van der Waals surface area contributed by atoms with E-state index in [4.69, 9.17) is 29.2 Å². The van der Waals surface area contributed by atoms with Crippen LogP contribution in [0.3, 0.4) is 0 Å². The van der Waals surface area contributed by atoms with Gasteiger partial charge in [-0.05, 0) is 117 Å². The number of benzene rings is 2. The van der Waals surface area contributed by atoms with Gasteiger partial charge in [-0.2, -0.15) is 8.42 Å². The average Bonchev–Trinajstić information content (AvgIpc) is 1.61. The number of imide groups is 1. The minimum atomic E-state index is -4.65. The SMILES string of the molecule is CC[C@H](C)[C@@H]([C@@H](CC(=O)N1CCC[C@H]1[C@H](OC)[C@@H](C)C(=O)N[C@@H](Cc1ccccc1)c1nccs1)OC)N(C)C(=O)[C@@H](NC(=O)[C@@H]1[C@H]2CC[C@H](C2)N1C(=O)OCc1ccc(NC(=O)[C@H](CCCNC(N)=O)NC(=O)[C@@H](NC(=O)CCOCCN2C(=O)C=CC2=O)C(C)C)cc1CN(C)C(=O)[C@H](CCCNC(=O)CS(=O)(=O)O)NC(C)=O)C(C)C. The molecule has 2 saturated heterocycles. The van der Waals surface area contributed by atoms with Crippen molar-refractivity contribution >= 4 is 110 Å². The number of amides is 15. The Bertz CT molecular complexity index is 4160. The molecular weight excluding hydrogens is 1580 g/mol. The molecule has 3 fully saturated rings. The molecule has 0 unspecified atom stereocenters. The molecule has 36 nitrogen and oxygen atoms in total. The number of urea groups is 1. The van der Waals surface area contributed by atoms with Crippen molar-refractivity contribution in [2.45, 2.75) is 219 Å². The Kier molecular flexibility index (Phi) is 37.1. The molecule has 1 aliphatic carbocycles. The van der Waals surface area contributed by atoms with E-state index in [0.717, 1.165) is 27.6 Å². The first kappa shape index (κ1) is 96.1. The predicted molar refractivity (Wildman–Crippen MR) is 438 cm³/mol. The molecule has 2 aromatic carbocycles.